The van der Waals surface area contributed by atoms with E-state index in [9.17, 15) is 9.59 Å². The summed E-state index contributed by atoms with van der Waals surface area (Å²) in [5, 5.41) is 3.09. The maximum absolute atomic E-state index is 12.2. The van der Waals surface area contributed by atoms with Crippen LogP contribution in [0.5, 0.6) is 5.75 Å². The first-order chi connectivity index (χ1) is 11.1. The van der Waals surface area contributed by atoms with Crippen LogP contribution in [0.15, 0.2) is 24.3 Å². The third-order valence-electron chi connectivity index (χ3n) is 4.52. The van der Waals surface area contributed by atoms with Gasteiger partial charge in [-0.3, -0.25) is 9.59 Å². The molecule has 0 aromatic heterocycles. The first-order valence-electron chi connectivity index (χ1n) is 8.65. The molecule has 0 bridgehead atoms. The van der Waals surface area contributed by atoms with Crippen molar-refractivity contribution in [2.24, 2.45) is 5.92 Å². The SMILES string of the molecule is CCOc1ccc(C(=O)CCC(=O)N[C@@H]2CCCC[C@H]2C)cc1. The van der Waals surface area contributed by atoms with Crippen LogP contribution < -0.4 is 10.1 Å². The fourth-order valence-corrected chi connectivity index (χ4v) is 3.08. The lowest BCUT2D eigenvalue weighted by Gasteiger charge is -2.29. The molecule has 0 spiro atoms. The van der Waals surface area contributed by atoms with E-state index >= 15 is 0 Å². The molecule has 1 aromatic carbocycles. The lowest BCUT2D eigenvalue weighted by atomic mass is 9.86. The van der Waals surface area contributed by atoms with Crippen LogP contribution in [-0.4, -0.2) is 24.3 Å². The number of ketones is 1. The van der Waals surface area contributed by atoms with E-state index in [0.29, 0.717) is 18.1 Å². The van der Waals surface area contributed by atoms with Crippen LogP contribution in [0.25, 0.3) is 0 Å². The molecule has 4 heteroatoms. The van der Waals surface area contributed by atoms with E-state index in [1.165, 1.54) is 19.3 Å². The molecule has 0 heterocycles. The first kappa shape index (κ1) is 17.5. The molecule has 2 atom stereocenters. The average molecular weight is 317 g/mol. The van der Waals surface area contributed by atoms with Gasteiger partial charge in [0.1, 0.15) is 5.75 Å². The average Bonchev–Trinajstić information content (AvgIpc) is 2.56. The summed E-state index contributed by atoms with van der Waals surface area (Å²) in [6.45, 7) is 4.72. The zero-order chi connectivity index (χ0) is 16.7. The Morgan fingerprint density at radius 3 is 2.48 bits per heavy atom. The van der Waals surface area contributed by atoms with Gasteiger partial charge in [0.2, 0.25) is 5.91 Å². The zero-order valence-electron chi connectivity index (χ0n) is 14.1. The summed E-state index contributed by atoms with van der Waals surface area (Å²) in [6.07, 6.45) is 5.18. The third kappa shape index (κ3) is 5.38. The smallest absolute Gasteiger partial charge is 0.220 e. The van der Waals surface area contributed by atoms with Crippen LogP contribution >= 0.6 is 0 Å². The highest BCUT2D eigenvalue weighted by atomic mass is 16.5. The molecule has 1 fully saturated rings. The van der Waals surface area contributed by atoms with Crippen molar-refractivity contribution in [2.75, 3.05) is 6.61 Å². The molecule has 2 rings (SSSR count). The van der Waals surface area contributed by atoms with Gasteiger partial charge in [-0.1, -0.05) is 19.8 Å². The largest absolute Gasteiger partial charge is 0.494 e. The van der Waals surface area contributed by atoms with Crippen molar-refractivity contribution in [3.8, 4) is 5.75 Å². The Kier molecular flexibility index (Phi) is 6.63. The minimum atomic E-state index is -0.0111. The van der Waals surface area contributed by atoms with Crippen LogP contribution in [0.3, 0.4) is 0 Å². The maximum Gasteiger partial charge on any atom is 0.220 e. The Labute approximate surface area is 138 Å². The Balaban J connectivity index is 1.77. The van der Waals surface area contributed by atoms with Crippen molar-refractivity contribution in [1.82, 2.24) is 5.32 Å². The second kappa shape index (κ2) is 8.70. The normalized spacial score (nSPS) is 20.8. The van der Waals surface area contributed by atoms with Crippen LogP contribution in [0.2, 0.25) is 0 Å². The Hall–Kier alpha value is -1.84. The molecule has 4 nitrogen and oxygen atoms in total. The topological polar surface area (TPSA) is 55.4 Å². The van der Waals surface area contributed by atoms with Crippen molar-refractivity contribution in [3.63, 3.8) is 0 Å². The van der Waals surface area contributed by atoms with Crippen molar-refractivity contribution in [2.45, 2.75) is 58.4 Å². The van der Waals surface area contributed by atoms with Gasteiger partial charge >= 0.3 is 0 Å². The van der Waals surface area contributed by atoms with Crippen LogP contribution in [-0.2, 0) is 4.79 Å². The number of rotatable bonds is 7. The zero-order valence-corrected chi connectivity index (χ0v) is 14.1. The Morgan fingerprint density at radius 1 is 1.13 bits per heavy atom. The lowest BCUT2D eigenvalue weighted by molar-refractivity contribution is -0.122. The summed E-state index contributed by atoms with van der Waals surface area (Å²) >= 11 is 0. The molecule has 1 amide bonds. The summed E-state index contributed by atoms with van der Waals surface area (Å²) in [5.74, 6) is 1.28. The van der Waals surface area contributed by atoms with Gasteiger partial charge in [-0.15, -0.1) is 0 Å². The molecule has 126 valence electrons. The molecule has 0 unspecified atom stereocenters. The molecule has 1 saturated carbocycles. The number of carbonyl (C=O) groups excluding carboxylic acids is 2. The number of nitrogens with one attached hydrogen (secondary N) is 1. The minimum absolute atomic E-state index is 0.000101. The number of benzene rings is 1. The molecule has 23 heavy (non-hydrogen) atoms. The number of carbonyl (C=O) groups is 2. The lowest BCUT2D eigenvalue weighted by Crippen LogP contribution is -2.41. The van der Waals surface area contributed by atoms with Crippen molar-refractivity contribution >= 4 is 11.7 Å². The molecule has 1 aliphatic rings. The van der Waals surface area contributed by atoms with Gasteiger partial charge < -0.3 is 10.1 Å². The number of Topliss-reactive ketones (excluding diaryl/α,β-unsaturated/α-hetero) is 1. The standard InChI is InChI=1S/C19H27NO3/c1-3-23-16-10-8-15(9-11-16)18(21)12-13-19(22)20-17-7-5-4-6-14(17)2/h8-11,14,17H,3-7,12-13H2,1-2H3,(H,20,22)/t14-,17-/m1/s1. The Morgan fingerprint density at radius 2 is 1.83 bits per heavy atom. The van der Waals surface area contributed by atoms with Gasteiger partial charge in [0.05, 0.1) is 6.61 Å². The van der Waals surface area contributed by atoms with Crippen molar-refractivity contribution in [3.05, 3.63) is 29.8 Å². The number of hydrogen-bond acceptors (Lipinski definition) is 3. The highest BCUT2D eigenvalue weighted by molar-refractivity contribution is 5.98. The van der Waals surface area contributed by atoms with Crippen LogP contribution in [0.4, 0.5) is 0 Å². The number of ether oxygens (including phenoxy) is 1. The monoisotopic (exact) mass is 317 g/mol. The Bertz CT molecular complexity index is 524. The van der Waals surface area contributed by atoms with Crippen molar-refractivity contribution in [1.29, 1.82) is 0 Å². The predicted octanol–water partition coefficient (Wildman–Crippen LogP) is 3.74. The molecule has 1 N–H and O–H groups in total. The summed E-state index contributed by atoms with van der Waals surface area (Å²) in [6, 6.07) is 7.38. The molecule has 1 aromatic rings. The van der Waals surface area contributed by atoms with Crippen molar-refractivity contribution < 1.29 is 14.3 Å². The molecular weight excluding hydrogens is 290 g/mol. The number of hydrogen-bond donors (Lipinski definition) is 1. The van der Waals surface area contributed by atoms with Gasteiger partial charge in [0.25, 0.3) is 0 Å². The summed E-state index contributed by atoms with van der Waals surface area (Å²) in [4.78, 5) is 24.2. The summed E-state index contributed by atoms with van der Waals surface area (Å²) in [5.41, 5.74) is 0.632. The van der Waals surface area contributed by atoms with E-state index in [-0.39, 0.29) is 30.6 Å². The van der Waals surface area contributed by atoms with E-state index < -0.39 is 0 Å². The maximum atomic E-state index is 12.2. The summed E-state index contributed by atoms with van der Waals surface area (Å²) < 4.78 is 5.36. The molecule has 0 aliphatic heterocycles. The second-order valence-corrected chi connectivity index (χ2v) is 6.32. The number of amides is 1. The van der Waals surface area contributed by atoms with E-state index in [2.05, 4.69) is 12.2 Å². The minimum Gasteiger partial charge on any atom is -0.494 e. The van der Waals surface area contributed by atoms with Gasteiger partial charge in [0.15, 0.2) is 5.78 Å². The van der Waals surface area contributed by atoms with E-state index in [1.807, 2.05) is 6.92 Å². The van der Waals surface area contributed by atoms with Crippen LogP contribution in [0, 0.1) is 5.92 Å². The molecule has 1 aliphatic carbocycles. The highest BCUT2D eigenvalue weighted by Gasteiger charge is 2.22. The first-order valence-corrected chi connectivity index (χ1v) is 8.65. The fraction of sp³-hybridized carbons (Fsp3) is 0.579. The van der Waals surface area contributed by atoms with E-state index in [4.69, 9.17) is 4.74 Å². The van der Waals surface area contributed by atoms with Crippen LogP contribution in [0.1, 0.15) is 62.7 Å². The van der Waals surface area contributed by atoms with E-state index in [1.54, 1.807) is 24.3 Å². The van der Waals surface area contributed by atoms with Gasteiger partial charge in [-0.05, 0) is 49.9 Å². The molecule has 0 saturated heterocycles. The quantitative estimate of drug-likeness (QED) is 0.779. The second-order valence-electron chi connectivity index (χ2n) is 6.32. The fourth-order valence-electron chi connectivity index (χ4n) is 3.08. The third-order valence-corrected chi connectivity index (χ3v) is 4.52. The summed E-state index contributed by atoms with van der Waals surface area (Å²) in [7, 11) is 0. The molecule has 0 radical (unpaired) electrons. The van der Waals surface area contributed by atoms with Gasteiger partial charge in [-0.2, -0.15) is 0 Å². The predicted molar refractivity (Wildman–Crippen MR) is 90.7 cm³/mol. The highest BCUT2D eigenvalue weighted by Crippen LogP contribution is 2.23. The van der Waals surface area contributed by atoms with Gasteiger partial charge in [0, 0.05) is 24.4 Å². The van der Waals surface area contributed by atoms with Gasteiger partial charge in [-0.25, -0.2) is 0 Å². The van der Waals surface area contributed by atoms with E-state index in [0.717, 1.165) is 12.2 Å². The molecular formula is C19H27NO3.